The largest absolute Gasteiger partial charge is 0.444 e. The summed E-state index contributed by atoms with van der Waals surface area (Å²) in [5.41, 5.74) is 0.565. The molecule has 2 rings (SSSR count). The van der Waals surface area contributed by atoms with E-state index in [1.807, 2.05) is 26.8 Å². The van der Waals surface area contributed by atoms with E-state index in [1.165, 1.54) is 0 Å². The second-order valence-corrected chi connectivity index (χ2v) is 7.97. The standard InChI is InChI=1S/C17H28N4O2/c1-16(2,3)13-11-14(19-12-18-13)20-7-9-21(10-8-20)15(22)23-17(4,5)6/h11-12H,7-10H2,1-6H3. The first kappa shape index (κ1) is 17.5. The fourth-order valence-corrected chi connectivity index (χ4v) is 2.37. The molecule has 1 aliphatic rings. The Kier molecular flexibility index (Phi) is 4.82. The summed E-state index contributed by atoms with van der Waals surface area (Å²) in [6.45, 7) is 14.9. The van der Waals surface area contributed by atoms with Crippen LogP contribution in [0.5, 0.6) is 0 Å². The lowest BCUT2D eigenvalue weighted by molar-refractivity contribution is 0.0240. The Morgan fingerprint density at radius 3 is 2.17 bits per heavy atom. The molecular formula is C17H28N4O2. The maximum atomic E-state index is 12.1. The molecule has 23 heavy (non-hydrogen) atoms. The van der Waals surface area contributed by atoms with Crippen molar-refractivity contribution >= 4 is 11.9 Å². The van der Waals surface area contributed by atoms with Crippen LogP contribution in [0.2, 0.25) is 0 Å². The number of piperazine rings is 1. The Morgan fingerprint density at radius 2 is 1.65 bits per heavy atom. The molecule has 0 unspecified atom stereocenters. The highest BCUT2D eigenvalue weighted by molar-refractivity contribution is 5.68. The average Bonchev–Trinajstić information content (AvgIpc) is 2.45. The number of hydrogen-bond donors (Lipinski definition) is 0. The SMILES string of the molecule is CC(C)(C)OC(=O)N1CCN(c2cc(C(C)(C)C)ncn2)CC1. The molecule has 0 atom stereocenters. The van der Waals surface area contributed by atoms with Gasteiger partial charge in [0.25, 0.3) is 0 Å². The van der Waals surface area contributed by atoms with Crippen molar-refractivity contribution in [2.75, 3.05) is 31.1 Å². The third-order valence-corrected chi connectivity index (χ3v) is 3.68. The lowest BCUT2D eigenvalue weighted by atomic mass is 9.92. The molecule has 0 aliphatic carbocycles. The van der Waals surface area contributed by atoms with Crippen LogP contribution in [0, 0.1) is 0 Å². The third-order valence-electron chi connectivity index (χ3n) is 3.68. The van der Waals surface area contributed by atoms with Crippen LogP contribution < -0.4 is 4.90 Å². The van der Waals surface area contributed by atoms with Crippen molar-refractivity contribution < 1.29 is 9.53 Å². The summed E-state index contributed by atoms with van der Waals surface area (Å²) in [6.07, 6.45) is 1.38. The zero-order valence-electron chi connectivity index (χ0n) is 15.1. The van der Waals surface area contributed by atoms with Gasteiger partial charge >= 0.3 is 6.09 Å². The van der Waals surface area contributed by atoms with Crippen molar-refractivity contribution in [3.63, 3.8) is 0 Å². The molecule has 2 heterocycles. The molecule has 128 valence electrons. The molecule has 1 saturated heterocycles. The van der Waals surface area contributed by atoms with E-state index in [4.69, 9.17) is 4.74 Å². The normalized spacial score (nSPS) is 16.4. The number of nitrogens with zero attached hydrogens (tertiary/aromatic N) is 4. The lowest BCUT2D eigenvalue weighted by Gasteiger charge is -2.36. The monoisotopic (exact) mass is 320 g/mol. The van der Waals surface area contributed by atoms with Gasteiger partial charge in [-0.15, -0.1) is 0 Å². The van der Waals surface area contributed by atoms with E-state index in [0.717, 1.165) is 24.6 Å². The maximum absolute atomic E-state index is 12.1. The molecule has 0 radical (unpaired) electrons. The molecule has 1 aliphatic heterocycles. The van der Waals surface area contributed by atoms with E-state index in [-0.39, 0.29) is 11.5 Å². The number of ether oxygens (including phenoxy) is 1. The molecule has 1 amide bonds. The van der Waals surface area contributed by atoms with Gasteiger partial charge in [-0.3, -0.25) is 0 Å². The number of carbonyl (C=O) groups excluding carboxylic acids is 1. The number of amides is 1. The first-order valence-electron chi connectivity index (χ1n) is 8.12. The summed E-state index contributed by atoms with van der Waals surface area (Å²) < 4.78 is 5.42. The summed E-state index contributed by atoms with van der Waals surface area (Å²) in [7, 11) is 0. The van der Waals surface area contributed by atoms with Crippen molar-refractivity contribution in [3.8, 4) is 0 Å². The second kappa shape index (κ2) is 6.34. The minimum atomic E-state index is -0.456. The van der Waals surface area contributed by atoms with Crippen LogP contribution in [0.3, 0.4) is 0 Å². The lowest BCUT2D eigenvalue weighted by Crippen LogP contribution is -2.50. The average molecular weight is 320 g/mol. The molecular weight excluding hydrogens is 292 g/mol. The van der Waals surface area contributed by atoms with E-state index in [9.17, 15) is 4.79 Å². The van der Waals surface area contributed by atoms with E-state index in [2.05, 4.69) is 35.6 Å². The zero-order valence-corrected chi connectivity index (χ0v) is 15.1. The highest BCUT2D eigenvalue weighted by Gasteiger charge is 2.27. The quantitative estimate of drug-likeness (QED) is 0.796. The van der Waals surface area contributed by atoms with Gasteiger partial charge in [-0.05, 0) is 20.8 Å². The Labute approximate surface area is 138 Å². The van der Waals surface area contributed by atoms with Gasteiger partial charge in [-0.1, -0.05) is 20.8 Å². The zero-order chi connectivity index (χ0) is 17.3. The fourth-order valence-electron chi connectivity index (χ4n) is 2.37. The summed E-state index contributed by atoms with van der Waals surface area (Å²) in [5, 5.41) is 0. The van der Waals surface area contributed by atoms with Crippen molar-refractivity contribution in [3.05, 3.63) is 18.1 Å². The molecule has 0 bridgehead atoms. The Bertz CT molecular complexity index is 552. The molecule has 0 spiro atoms. The van der Waals surface area contributed by atoms with Crippen LogP contribution in [0.15, 0.2) is 12.4 Å². The molecule has 0 N–H and O–H groups in total. The van der Waals surface area contributed by atoms with Crippen LogP contribution in [0.1, 0.15) is 47.2 Å². The van der Waals surface area contributed by atoms with Gasteiger partial charge in [-0.2, -0.15) is 0 Å². The molecule has 1 fully saturated rings. The van der Waals surface area contributed by atoms with Crippen molar-refractivity contribution in [2.24, 2.45) is 0 Å². The van der Waals surface area contributed by atoms with Crippen LogP contribution in [-0.4, -0.2) is 52.7 Å². The number of aromatic nitrogens is 2. The molecule has 1 aromatic rings. The summed E-state index contributed by atoms with van der Waals surface area (Å²) in [6, 6.07) is 2.04. The van der Waals surface area contributed by atoms with Crippen LogP contribution in [0.25, 0.3) is 0 Å². The topological polar surface area (TPSA) is 58.6 Å². The smallest absolute Gasteiger partial charge is 0.410 e. The third kappa shape index (κ3) is 4.81. The van der Waals surface area contributed by atoms with Gasteiger partial charge in [0.2, 0.25) is 0 Å². The highest BCUT2D eigenvalue weighted by atomic mass is 16.6. The molecule has 6 heteroatoms. The van der Waals surface area contributed by atoms with E-state index in [1.54, 1.807) is 11.2 Å². The van der Waals surface area contributed by atoms with Gasteiger partial charge in [0.05, 0.1) is 5.69 Å². The second-order valence-electron chi connectivity index (χ2n) is 7.97. The number of hydrogen-bond acceptors (Lipinski definition) is 5. The van der Waals surface area contributed by atoms with Crippen LogP contribution >= 0.6 is 0 Å². The molecule has 6 nitrogen and oxygen atoms in total. The number of carbonyl (C=O) groups is 1. The van der Waals surface area contributed by atoms with Crippen LogP contribution in [-0.2, 0) is 10.2 Å². The highest BCUT2D eigenvalue weighted by Crippen LogP contribution is 2.23. The van der Waals surface area contributed by atoms with Gasteiger partial charge in [0.1, 0.15) is 17.7 Å². The predicted molar refractivity (Wildman–Crippen MR) is 90.8 cm³/mol. The predicted octanol–water partition coefficient (Wildman–Crippen LogP) is 2.83. The minimum absolute atomic E-state index is 0.00394. The van der Waals surface area contributed by atoms with Gasteiger partial charge < -0.3 is 14.5 Å². The first-order valence-corrected chi connectivity index (χ1v) is 8.12. The minimum Gasteiger partial charge on any atom is -0.444 e. The van der Waals surface area contributed by atoms with Crippen molar-refractivity contribution in [2.45, 2.75) is 52.6 Å². The van der Waals surface area contributed by atoms with E-state index < -0.39 is 5.60 Å². The first-order chi connectivity index (χ1) is 10.6. The van der Waals surface area contributed by atoms with Crippen LogP contribution in [0.4, 0.5) is 10.6 Å². The summed E-state index contributed by atoms with van der Waals surface area (Å²) in [5.74, 6) is 0.925. The Balaban J connectivity index is 1.98. The molecule has 1 aromatic heterocycles. The summed E-state index contributed by atoms with van der Waals surface area (Å²) in [4.78, 5) is 24.8. The number of rotatable bonds is 1. The van der Waals surface area contributed by atoms with Crippen molar-refractivity contribution in [1.29, 1.82) is 0 Å². The maximum Gasteiger partial charge on any atom is 0.410 e. The Hall–Kier alpha value is -1.85. The Morgan fingerprint density at radius 1 is 1.04 bits per heavy atom. The van der Waals surface area contributed by atoms with Gasteiger partial charge in [0, 0.05) is 37.7 Å². The van der Waals surface area contributed by atoms with Crippen molar-refractivity contribution in [1.82, 2.24) is 14.9 Å². The molecule has 0 aromatic carbocycles. The van der Waals surface area contributed by atoms with E-state index >= 15 is 0 Å². The van der Waals surface area contributed by atoms with E-state index in [0.29, 0.717) is 13.1 Å². The van der Waals surface area contributed by atoms with Gasteiger partial charge in [-0.25, -0.2) is 14.8 Å². The van der Waals surface area contributed by atoms with Gasteiger partial charge in [0.15, 0.2) is 0 Å². The number of anilines is 1. The molecule has 0 saturated carbocycles. The summed E-state index contributed by atoms with van der Waals surface area (Å²) >= 11 is 0. The fraction of sp³-hybridized carbons (Fsp3) is 0.706.